The number of piperidine rings is 1. The van der Waals surface area contributed by atoms with Crippen LogP contribution in [0.4, 0.5) is 13.2 Å². The summed E-state index contributed by atoms with van der Waals surface area (Å²) in [6.07, 6.45) is 0.536. The van der Waals surface area contributed by atoms with Crippen molar-refractivity contribution in [1.29, 1.82) is 0 Å². The summed E-state index contributed by atoms with van der Waals surface area (Å²) in [5, 5.41) is 2.75. The minimum Gasteiger partial charge on any atom is -0.352 e. The number of carbonyl (C=O) groups is 1. The maximum absolute atomic E-state index is 12.7. The van der Waals surface area contributed by atoms with E-state index in [-0.39, 0.29) is 12.5 Å². The van der Waals surface area contributed by atoms with Crippen LogP contribution in [0.5, 0.6) is 0 Å². The van der Waals surface area contributed by atoms with Gasteiger partial charge in [0.05, 0.1) is 5.56 Å². The van der Waals surface area contributed by atoms with Crippen molar-refractivity contribution >= 4 is 17.7 Å². The Labute approximate surface area is 163 Å². The minimum absolute atomic E-state index is 0.0814. The Kier molecular flexibility index (Phi) is 7.09. The lowest BCUT2D eigenvalue weighted by Gasteiger charge is -2.35. The average Bonchev–Trinajstić information content (AvgIpc) is 3.19. The van der Waals surface area contributed by atoms with Gasteiger partial charge in [-0.1, -0.05) is 12.1 Å². The largest absolute Gasteiger partial charge is 0.416 e. The number of halogens is 3. The molecule has 7 heteroatoms. The van der Waals surface area contributed by atoms with Crippen LogP contribution >= 0.6 is 11.8 Å². The Morgan fingerprint density at radius 1 is 1.22 bits per heavy atom. The van der Waals surface area contributed by atoms with Crippen LogP contribution in [-0.2, 0) is 17.5 Å². The Morgan fingerprint density at radius 2 is 2.00 bits per heavy atom. The van der Waals surface area contributed by atoms with Crippen LogP contribution in [0.1, 0.15) is 43.2 Å². The van der Waals surface area contributed by atoms with Crippen molar-refractivity contribution in [3.63, 3.8) is 0 Å². The lowest BCUT2D eigenvalue weighted by molar-refractivity contribution is -0.137. The summed E-state index contributed by atoms with van der Waals surface area (Å²) in [4.78, 5) is 14.7. The second-order valence-electron chi connectivity index (χ2n) is 7.51. The molecule has 2 fully saturated rings. The molecule has 2 aliphatic heterocycles. The van der Waals surface area contributed by atoms with Crippen molar-refractivity contribution in [2.45, 2.75) is 50.9 Å². The number of hydrogen-bond acceptors (Lipinski definition) is 3. The van der Waals surface area contributed by atoms with Gasteiger partial charge in [-0.2, -0.15) is 24.9 Å². The number of carbonyl (C=O) groups excluding carboxylic acids is 1. The molecule has 0 saturated carbocycles. The highest BCUT2D eigenvalue weighted by atomic mass is 32.2. The molecule has 1 atom stereocenters. The van der Waals surface area contributed by atoms with Crippen molar-refractivity contribution in [2.24, 2.45) is 5.92 Å². The molecular formula is C20H27F3N2OS. The van der Waals surface area contributed by atoms with Gasteiger partial charge in [0.15, 0.2) is 0 Å². The lowest BCUT2D eigenvalue weighted by Crippen LogP contribution is -2.41. The summed E-state index contributed by atoms with van der Waals surface area (Å²) >= 11 is 2.04. The van der Waals surface area contributed by atoms with Crippen molar-refractivity contribution in [1.82, 2.24) is 10.2 Å². The molecule has 2 saturated heterocycles. The number of rotatable bonds is 6. The zero-order valence-corrected chi connectivity index (χ0v) is 16.2. The average molecular weight is 401 g/mol. The summed E-state index contributed by atoms with van der Waals surface area (Å²) in [7, 11) is 0. The molecule has 3 rings (SSSR count). The molecule has 1 unspecified atom stereocenters. The topological polar surface area (TPSA) is 32.3 Å². The third-order valence-electron chi connectivity index (χ3n) is 5.59. The monoisotopic (exact) mass is 400 g/mol. The molecule has 2 heterocycles. The number of thioether (sulfide) groups is 1. The second kappa shape index (κ2) is 9.32. The van der Waals surface area contributed by atoms with Crippen LogP contribution in [-0.4, -0.2) is 41.4 Å². The minimum atomic E-state index is -4.36. The molecule has 1 aromatic carbocycles. The molecule has 0 aromatic heterocycles. The van der Waals surface area contributed by atoms with Gasteiger partial charge in [-0.05, 0) is 68.1 Å². The van der Waals surface area contributed by atoms with Crippen molar-refractivity contribution in [3.05, 3.63) is 35.4 Å². The first-order chi connectivity index (χ1) is 12.9. The molecule has 3 nitrogen and oxygen atoms in total. The smallest absolute Gasteiger partial charge is 0.352 e. The van der Waals surface area contributed by atoms with Gasteiger partial charge in [0, 0.05) is 24.8 Å². The number of nitrogens with one attached hydrogen (secondary N) is 1. The summed E-state index contributed by atoms with van der Waals surface area (Å²) in [5.74, 6) is 3.02. The first kappa shape index (κ1) is 20.5. The number of likely N-dealkylation sites (tertiary alicyclic amines) is 1. The highest BCUT2D eigenvalue weighted by Gasteiger charge is 2.30. The predicted octanol–water partition coefficient (Wildman–Crippen LogP) is 4.32. The molecule has 27 heavy (non-hydrogen) atoms. The van der Waals surface area contributed by atoms with Crippen LogP contribution < -0.4 is 5.32 Å². The highest BCUT2D eigenvalue weighted by molar-refractivity contribution is 7.99. The molecule has 2 aliphatic rings. The third kappa shape index (κ3) is 6.14. The highest BCUT2D eigenvalue weighted by Crippen LogP contribution is 2.30. The molecule has 0 radical (unpaired) electrons. The quantitative estimate of drug-likeness (QED) is 0.772. The Bertz CT molecular complexity index is 624. The first-order valence-electron chi connectivity index (χ1n) is 9.66. The van der Waals surface area contributed by atoms with E-state index in [0.29, 0.717) is 17.9 Å². The zero-order chi connectivity index (χ0) is 19.3. The van der Waals surface area contributed by atoms with E-state index in [0.717, 1.165) is 50.5 Å². The summed E-state index contributed by atoms with van der Waals surface area (Å²) in [6, 6.07) is 5.86. The number of amides is 1. The van der Waals surface area contributed by atoms with Crippen molar-refractivity contribution in [3.8, 4) is 0 Å². The summed E-state index contributed by atoms with van der Waals surface area (Å²) < 4.78 is 38.2. The van der Waals surface area contributed by atoms with Crippen LogP contribution in [0.15, 0.2) is 24.3 Å². The van der Waals surface area contributed by atoms with Crippen LogP contribution in [0.3, 0.4) is 0 Å². The van der Waals surface area contributed by atoms with Gasteiger partial charge in [-0.3, -0.25) is 9.69 Å². The van der Waals surface area contributed by atoms with Gasteiger partial charge in [-0.15, -0.1) is 0 Å². The van der Waals surface area contributed by atoms with E-state index in [1.54, 1.807) is 6.07 Å². The zero-order valence-electron chi connectivity index (χ0n) is 15.4. The SMILES string of the molecule is O=C(CCC1CCN(C2CCSC2)CC1)NCc1cccc(C(F)(F)F)c1. The van der Waals surface area contributed by atoms with Crippen LogP contribution in [0.25, 0.3) is 0 Å². The lowest BCUT2D eigenvalue weighted by atomic mass is 9.91. The third-order valence-corrected chi connectivity index (χ3v) is 6.74. The van der Waals surface area contributed by atoms with Crippen LogP contribution in [0, 0.1) is 5.92 Å². The van der Waals surface area contributed by atoms with E-state index < -0.39 is 11.7 Å². The fourth-order valence-corrected chi connectivity index (χ4v) is 5.15. The van der Waals surface area contributed by atoms with Gasteiger partial charge in [0.2, 0.25) is 5.91 Å². The number of hydrogen-bond donors (Lipinski definition) is 1. The molecule has 150 valence electrons. The normalized spacial score (nSPS) is 22.1. The number of alkyl halides is 3. The van der Waals surface area contributed by atoms with Crippen molar-refractivity contribution < 1.29 is 18.0 Å². The first-order valence-corrected chi connectivity index (χ1v) is 10.8. The van der Waals surface area contributed by atoms with Gasteiger partial charge < -0.3 is 5.32 Å². The Balaban J connectivity index is 1.35. The molecule has 0 aliphatic carbocycles. The standard InChI is InChI=1S/C20H27F3N2OS/c21-20(22,23)17-3-1-2-16(12-17)13-24-19(26)5-4-15-6-9-25(10-7-15)18-8-11-27-14-18/h1-3,12,15,18H,4-11,13-14H2,(H,24,26). The summed E-state index contributed by atoms with van der Waals surface area (Å²) in [6.45, 7) is 2.39. The second-order valence-corrected chi connectivity index (χ2v) is 8.66. The Hall–Kier alpha value is -1.21. The van der Waals surface area contributed by atoms with Gasteiger partial charge in [0.1, 0.15) is 0 Å². The van der Waals surface area contributed by atoms with Gasteiger partial charge in [0.25, 0.3) is 0 Å². The Morgan fingerprint density at radius 3 is 2.67 bits per heavy atom. The molecule has 1 amide bonds. The van der Waals surface area contributed by atoms with Crippen LogP contribution in [0.2, 0.25) is 0 Å². The van der Waals surface area contributed by atoms with Gasteiger partial charge >= 0.3 is 6.18 Å². The molecule has 1 aromatic rings. The van der Waals surface area contributed by atoms with E-state index in [4.69, 9.17) is 0 Å². The maximum atomic E-state index is 12.7. The fourth-order valence-electron chi connectivity index (χ4n) is 3.90. The number of nitrogens with zero attached hydrogens (tertiary/aromatic N) is 1. The fraction of sp³-hybridized carbons (Fsp3) is 0.650. The van der Waals surface area contributed by atoms with E-state index >= 15 is 0 Å². The van der Waals surface area contributed by atoms with E-state index in [1.807, 2.05) is 11.8 Å². The molecule has 1 N–H and O–H groups in total. The molecule has 0 bridgehead atoms. The predicted molar refractivity (Wildman–Crippen MR) is 103 cm³/mol. The van der Waals surface area contributed by atoms with E-state index in [2.05, 4.69) is 10.2 Å². The van der Waals surface area contributed by atoms with Crippen molar-refractivity contribution in [2.75, 3.05) is 24.6 Å². The van der Waals surface area contributed by atoms with E-state index in [9.17, 15) is 18.0 Å². The molecule has 0 spiro atoms. The summed E-state index contributed by atoms with van der Waals surface area (Å²) in [5.41, 5.74) is -0.206. The van der Waals surface area contributed by atoms with Gasteiger partial charge in [-0.25, -0.2) is 0 Å². The van der Waals surface area contributed by atoms with E-state index in [1.165, 1.54) is 24.0 Å². The maximum Gasteiger partial charge on any atom is 0.416 e. The number of benzene rings is 1. The molecular weight excluding hydrogens is 373 g/mol.